The Bertz CT molecular complexity index is 614. The lowest BCUT2D eigenvalue weighted by Crippen LogP contribution is -2.20. The van der Waals surface area contributed by atoms with Gasteiger partial charge in [0.2, 0.25) is 0 Å². The first kappa shape index (κ1) is 12.2. The zero-order chi connectivity index (χ0) is 13.4. The Hall–Kier alpha value is -1.88. The van der Waals surface area contributed by atoms with E-state index in [2.05, 4.69) is 11.9 Å². The molecular formula is C14H16N2O3. The molecule has 0 aliphatic carbocycles. The van der Waals surface area contributed by atoms with E-state index in [1.165, 1.54) is 0 Å². The van der Waals surface area contributed by atoms with Gasteiger partial charge in [0.1, 0.15) is 0 Å². The maximum atomic E-state index is 11.0. The Balaban J connectivity index is 2.02. The van der Waals surface area contributed by atoms with Crippen molar-refractivity contribution in [3.8, 4) is 0 Å². The molecule has 19 heavy (non-hydrogen) atoms. The molecule has 1 aromatic heterocycles. The van der Waals surface area contributed by atoms with Crippen LogP contribution >= 0.6 is 0 Å². The predicted octanol–water partition coefficient (Wildman–Crippen LogP) is 2.47. The van der Waals surface area contributed by atoms with Crippen LogP contribution in [-0.2, 0) is 4.74 Å². The molecule has 1 aromatic carbocycles. The van der Waals surface area contributed by atoms with E-state index in [1.807, 2.05) is 4.57 Å². The summed E-state index contributed by atoms with van der Waals surface area (Å²) in [4.78, 5) is 15.4. The Morgan fingerprint density at radius 1 is 1.58 bits per heavy atom. The number of aromatic nitrogens is 2. The number of hydrogen-bond donors (Lipinski definition) is 1. The van der Waals surface area contributed by atoms with E-state index in [-0.39, 0.29) is 17.7 Å². The second-order valence-electron chi connectivity index (χ2n) is 4.95. The lowest BCUT2D eigenvalue weighted by Gasteiger charge is -2.20. The van der Waals surface area contributed by atoms with Crippen LogP contribution in [0.3, 0.4) is 0 Å². The minimum atomic E-state index is -0.917. The molecule has 1 fully saturated rings. The molecule has 1 aliphatic rings. The van der Waals surface area contributed by atoms with Crippen LogP contribution in [0.25, 0.3) is 11.0 Å². The van der Waals surface area contributed by atoms with Gasteiger partial charge in [-0.2, -0.15) is 0 Å². The summed E-state index contributed by atoms with van der Waals surface area (Å²) in [5, 5.41) is 9.07. The molecule has 2 atom stereocenters. The summed E-state index contributed by atoms with van der Waals surface area (Å²) in [5.41, 5.74) is 1.95. The van der Waals surface area contributed by atoms with Crippen LogP contribution in [0.4, 0.5) is 0 Å². The molecule has 5 heteroatoms. The standard InChI is InChI=1S/C14H16N2O3/c1-9(13-3-2-6-19-13)16-8-15-11-5-4-10(14(17)18)7-12(11)16/h4-5,7-9,13H,2-3,6H2,1H3,(H,17,18). The van der Waals surface area contributed by atoms with Crippen molar-refractivity contribution < 1.29 is 14.6 Å². The number of ether oxygens (including phenoxy) is 1. The molecule has 5 nitrogen and oxygen atoms in total. The average molecular weight is 260 g/mol. The molecule has 0 radical (unpaired) electrons. The number of carboxylic acid groups (broad SMARTS) is 1. The van der Waals surface area contributed by atoms with Crippen LogP contribution in [0, 0.1) is 0 Å². The van der Waals surface area contributed by atoms with Gasteiger partial charge >= 0.3 is 5.97 Å². The third-order valence-corrected chi connectivity index (χ3v) is 3.76. The highest BCUT2D eigenvalue weighted by Gasteiger charge is 2.24. The number of nitrogens with zero attached hydrogens (tertiary/aromatic N) is 2. The summed E-state index contributed by atoms with van der Waals surface area (Å²) >= 11 is 0. The van der Waals surface area contributed by atoms with Crippen LogP contribution in [0.1, 0.15) is 36.2 Å². The van der Waals surface area contributed by atoms with E-state index in [0.717, 1.165) is 30.5 Å². The van der Waals surface area contributed by atoms with Gasteiger partial charge < -0.3 is 14.4 Å². The predicted molar refractivity (Wildman–Crippen MR) is 70.4 cm³/mol. The van der Waals surface area contributed by atoms with Gasteiger partial charge in [-0.05, 0) is 38.0 Å². The average Bonchev–Trinajstić information content (AvgIpc) is 3.06. The zero-order valence-corrected chi connectivity index (χ0v) is 10.7. The van der Waals surface area contributed by atoms with E-state index in [9.17, 15) is 4.79 Å². The number of imidazole rings is 1. The van der Waals surface area contributed by atoms with Crippen molar-refractivity contribution in [3.63, 3.8) is 0 Å². The fraction of sp³-hybridized carbons (Fsp3) is 0.429. The van der Waals surface area contributed by atoms with E-state index >= 15 is 0 Å². The number of fused-ring (bicyclic) bond motifs is 1. The molecule has 1 aliphatic heterocycles. The molecule has 0 amide bonds. The number of carboxylic acids is 1. The van der Waals surface area contributed by atoms with Gasteiger partial charge in [-0.25, -0.2) is 9.78 Å². The molecule has 1 saturated heterocycles. The summed E-state index contributed by atoms with van der Waals surface area (Å²) < 4.78 is 7.71. The van der Waals surface area contributed by atoms with Crippen LogP contribution in [0.5, 0.6) is 0 Å². The summed E-state index contributed by atoms with van der Waals surface area (Å²) in [5.74, 6) is -0.917. The molecule has 0 saturated carbocycles. The highest BCUT2D eigenvalue weighted by Crippen LogP contribution is 2.27. The van der Waals surface area contributed by atoms with Crippen molar-refractivity contribution in [2.75, 3.05) is 6.61 Å². The van der Waals surface area contributed by atoms with Gasteiger partial charge in [-0.1, -0.05) is 0 Å². The Labute approximate surface area is 110 Å². The van der Waals surface area contributed by atoms with Crippen molar-refractivity contribution in [2.24, 2.45) is 0 Å². The van der Waals surface area contributed by atoms with Gasteiger partial charge in [0.25, 0.3) is 0 Å². The first-order valence-electron chi connectivity index (χ1n) is 6.48. The Morgan fingerprint density at radius 2 is 2.42 bits per heavy atom. The van der Waals surface area contributed by atoms with Gasteiger partial charge in [0, 0.05) is 6.61 Å². The van der Waals surface area contributed by atoms with Gasteiger partial charge in [0.05, 0.1) is 35.1 Å². The van der Waals surface area contributed by atoms with Crippen molar-refractivity contribution in [1.29, 1.82) is 0 Å². The third kappa shape index (κ3) is 2.10. The minimum Gasteiger partial charge on any atom is -0.478 e. The van der Waals surface area contributed by atoms with E-state index in [1.54, 1.807) is 24.5 Å². The molecule has 0 spiro atoms. The number of benzene rings is 1. The van der Waals surface area contributed by atoms with Crippen LogP contribution in [-0.4, -0.2) is 33.3 Å². The van der Waals surface area contributed by atoms with E-state index < -0.39 is 5.97 Å². The first-order valence-corrected chi connectivity index (χ1v) is 6.48. The van der Waals surface area contributed by atoms with Crippen LogP contribution < -0.4 is 0 Å². The monoisotopic (exact) mass is 260 g/mol. The molecule has 3 rings (SSSR count). The molecule has 0 bridgehead atoms. The summed E-state index contributed by atoms with van der Waals surface area (Å²) in [7, 11) is 0. The Kier molecular flexibility index (Phi) is 2.98. The van der Waals surface area contributed by atoms with Crippen molar-refractivity contribution in [2.45, 2.75) is 31.9 Å². The maximum absolute atomic E-state index is 11.0. The number of hydrogen-bond acceptors (Lipinski definition) is 3. The lowest BCUT2D eigenvalue weighted by molar-refractivity contribution is 0.0697. The normalized spacial score (nSPS) is 20.8. The van der Waals surface area contributed by atoms with Crippen LogP contribution in [0.2, 0.25) is 0 Å². The molecule has 2 heterocycles. The second-order valence-corrected chi connectivity index (χ2v) is 4.95. The first-order chi connectivity index (χ1) is 9.16. The van der Waals surface area contributed by atoms with E-state index in [0.29, 0.717) is 0 Å². The zero-order valence-electron chi connectivity index (χ0n) is 10.7. The quantitative estimate of drug-likeness (QED) is 0.920. The molecule has 1 N–H and O–H groups in total. The van der Waals surface area contributed by atoms with Gasteiger partial charge in [-0.15, -0.1) is 0 Å². The molecular weight excluding hydrogens is 244 g/mol. The maximum Gasteiger partial charge on any atom is 0.335 e. The Morgan fingerprint density at radius 3 is 3.11 bits per heavy atom. The van der Waals surface area contributed by atoms with Crippen molar-refractivity contribution in [1.82, 2.24) is 9.55 Å². The SMILES string of the molecule is CC(C1CCCO1)n1cnc2ccc(C(=O)O)cc21. The summed E-state index contributed by atoms with van der Waals surface area (Å²) in [6.07, 6.45) is 4.08. The highest BCUT2D eigenvalue weighted by atomic mass is 16.5. The smallest absolute Gasteiger partial charge is 0.335 e. The second kappa shape index (κ2) is 4.66. The highest BCUT2D eigenvalue weighted by molar-refractivity contribution is 5.92. The number of aromatic carboxylic acids is 1. The van der Waals surface area contributed by atoms with Gasteiger partial charge in [-0.3, -0.25) is 0 Å². The number of carbonyl (C=O) groups is 1. The molecule has 2 aromatic rings. The molecule has 2 unspecified atom stereocenters. The fourth-order valence-electron chi connectivity index (χ4n) is 2.65. The summed E-state index contributed by atoms with van der Waals surface area (Å²) in [6.45, 7) is 2.90. The summed E-state index contributed by atoms with van der Waals surface area (Å²) in [6, 6.07) is 5.17. The van der Waals surface area contributed by atoms with E-state index in [4.69, 9.17) is 9.84 Å². The fourth-order valence-corrected chi connectivity index (χ4v) is 2.65. The van der Waals surface area contributed by atoms with Crippen LogP contribution in [0.15, 0.2) is 24.5 Å². The van der Waals surface area contributed by atoms with Crippen molar-refractivity contribution >= 4 is 17.0 Å². The molecule has 100 valence electrons. The van der Waals surface area contributed by atoms with Gasteiger partial charge in [0.15, 0.2) is 0 Å². The van der Waals surface area contributed by atoms with Crippen molar-refractivity contribution in [3.05, 3.63) is 30.1 Å². The topological polar surface area (TPSA) is 64.4 Å². The third-order valence-electron chi connectivity index (χ3n) is 3.76. The lowest BCUT2D eigenvalue weighted by atomic mass is 10.1. The minimum absolute atomic E-state index is 0.163. The number of rotatable bonds is 3. The largest absolute Gasteiger partial charge is 0.478 e.